The first-order valence-corrected chi connectivity index (χ1v) is 4.67. The van der Waals surface area contributed by atoms with E-state index in [0.29, 0.717) is 5.56 Å². The number of rotatable bonds is 1. The number of halogens is 4. The maximum Gasteiger partial charge on any atom is 0.143 e. The van der Waals surface area contributed by atoms with Crippen LogP contribution < -0.4 is 5.73 Å². The van der Waals surface area contributed by atoms with Crippen molar-refractivity contribution >= 4 is 34.8 Å². The van der Waals surface area contributed by atoms with Crippen molar-refractivity contribution in [2.24, 2.45) is 5.73 Å². The third-order valence-corrected chi connectivity index (χ3v) is 2.97. The van der Waals surface area contributed by atoms with Gasteiger partial charge < -0.3 is 5.73 Å². The van der Waals surface area contributed by atoms with E-state index in [1.807, 2.05) is 0 Å². The molecule has 13 heavy (non-hydrogen) atoms. The summed E-state index contributed by atoms with van der Waals surface area (Å²) in [7, 11) is 0. The highest BCUT2D eigenvalue weighted by atomic mass is 35.5. The van der Waals surface area contributed by atoms with E-state index in [1.54, 1.807) is 6.92 Å². The van der Waals surface area contributed by atoms with Gasteiger partial charge in [0.25, 0.3) is 0 Å². The third kappa shape index (κ3) is 2.08. The minimum absolute atomic E-state index is 0.00985. The molecule has 1 aromatic rings. The van der Waals surface area contributed by atoms with Gasteiger partial charge in [-0.25, -0.2) is 4.39 Å². The van der Waals surface area contributed by atoms with E-state index >= 15 is 0 Å². The van der Waals surface area contributed by atoms with Crippen LogP contribution in [-0.2, 0) is 0 Å². The molecule has 1 rings (SSSR count). The van der Waals surface area contributed by atoms with Crippen molar-refractivity contribution in [3.63, 3.8) is 0 Å². The Morgan fingerprint density at radius 1 is 1.23 bits per heavy atom. The molecule has 1 aromatic carbocycles. The van der Waals surface area contributed by atoms with E-state index in [1.165, 1.54) is 6.07 Å². The van der Waals surface area contributed by atoms with E-state index in [0.717, 1.165) is 0 Å². The fourth-order valence-electron chi connectivity index (χ4n) is 0.922. The van der Waals surface area contributed by atoms with Crippen molar-refractivity contribution in [2.45, 2.75) is 13.0 Å². The van der Waals surface area contributed by atoms with Gasteiger partial charge in [-0.1, -0.05) is 34.8 Å². The number of nitrogens with two attached hydrogens (primary N) is 1. The molecule has 0 radical (unpaired) electrons. The second kappa shape index (κ2) is 4.01. The van der Waals surface area contributed by atoms with Gasteiger partial charge in [-0.05, 0) is 18.6 Å². The minimum atomic E-state index is -0.608. The average Bonchev–Trinajstić information content (AvgIpc) is 2.07. The Labute approximate surface area is 90.6 Å². The van der Waals surface area contributed by atoms with E-state index in [2.05, 4.69) is 0 Å². The standard InChI is InChI=1S/C8H7Cl3FN/c1-3(13)4-2-5(12)7(10)8(11)6(4)9/h2-3H,13H2,1H3. The van der Waals surface area contributed by atoms with Crippen molar-refractivity contribution in [2.75, 3.05) is 0 Å². The largest absolute Gasteiger partial charge is 0.324 e. The molecule has 0 aromatic heterocycles. The van der Waals surface area contributed by atoms with Gasteiger partial charge >= 0.3 is 0 Å². The highest BCUT2D eigenvalue weighted by Gasteiger charge is 2.15. The number of hydrogen-bond donors (Lipinski definition) is 1. The molecule has 0 aliphatic heterocycles. The lowest BCUT2D eigenvalue weighted by molar-refractivity contribution is 0.623. The first-order chi connectivity index (χ1) is 5.95. The highest BCUT2D eigenvalue weighted by Crippen LogP contribution is 2.36. The number of hydrogen-bond acceptors (Lipinski definition) is 1. The topological polar surface area (TPSA) is 26.0 Å². The van der Waals surface area contributed by atoms with Crippen LogP contribution in [0.15, 0.2) is 6.07 Å². The van der Waals surface area contributed by atoms with Gasteiger partial charge in [0.05, 0.1) is 15.1 Å². The van der Waals surface area contributed by atoms with Crippen molar-refractivity contribution in [1.82, 2.24) is 0 Å². The van der Waals surface area contributed by atoms with Gasteiger partial charge in [0.2, 0.25) is 0 Å². The summed E-state index contributed by atoms with van der Waals surface area (Å²) in [6.45, 7) is 1.69. The Bertz CT molecular complexity index is 339. The Morgan fingerprint density at radius 2 is 1.77 bits per heavy atom. The summed E-state index contributed by atoms with van der Waals surface area (Å²) in [6.07, 6.45) is 0. The van der Waals surface area contributed by atoms with Gasteiger partial charge in [0, 0.05) is 6.04 Å². The quantitative estimate of drug-likeness (QED) is 0.588. The van der Waals surface area contributed by atoms with Crippen LogP contribution in [0.1, 0.15) is 18.5 Å². The lowest BCUT2D eigenvalue weighted by Crippen LogP contribution is -2.06. The predicted molar refractivity (Wildman–Crippen MR) is 54.0 cm³/mol. The second-order valence-corrected chi connectivity index (χ2v) is 3.81. The van der Waals surface area contributed by atoms with Crippen LogP contribution in [0, 0.1) is 5.82 Å². The molecule has 1 unspecified atom stereocenters. The molecule has 1 atom stereocenters. The maximum atomic E-state index is 13.0. The summed E-state index contributed by atoms with van der Waals surface area (Å²) < 4.78 is 13.0. The molecular weight excluding hydrogens is 235 g/mol. The van der Waals surface area contributed by atoms with Crippen LogP contribution in [0.5, 0.6) is 0 Å². The molecule has 0 fully saturated rings. The molecule has 0 aliphatic rings. The molecule has 1 nitrogen and oxygen atoms in total. The zero-order valence-electron chi connectivity index (χ0n) is 6.74. The van der Waals surface area contributed by atoms with Crippen LogP contribution in [-0.4, -0.2) is 0 Å². The van der Waals surface area contributed by atoms with Crippen molar-refractivity contribution < 1.29 is 4.39 Å². The maximum absolute atomic E-state index is 13.0. The molecule has 0 spiro atoms. The highest BCUT2D eigenvalue weighted by molar-refractivity contribution is 6.48. The molecular formula is C8H7Cl3FN. The first-order valence-electron chi connectivity index (χ1n) is 3.53. The fourth-order valence-corrected chi connectivity index (χ4v) is 1.64. The monoisotopic (exact) mass is 241 g/mol. The average molecular weight is 243 g/mol. The minimum Gasteiger partial charge on any atom is -0.324 e. The molecule has 0 amide bonds. The van der Waals surface area contributed by atoms with Crippen LogP contribution >= 0.6 is 34.8 Å². The van der Waals surface area contributed by atoms with Gasteiger partial charge in [-0.2, -0.15) is 0 Å². The van der Waals surface area contributed by atoms with E-state index in [-0.39, 0.29) is 21.1 Å². The van der Waals surface area contributed by atoms with Crippen LogP contribution in [0.3, 0.4) is 0 Å². The van der Waals surface area contributed by atoms with E-state index < -0.39 is 5.82 Å². The summed E-state index contributed by atoms with van der Waals surface area (Å²) in [5, 5.41) is 0.0507. The van der Waals surface area contributed by atoms with Gasteiger partial charge in [-0.15, -0.1) is 0 Å². The van der Waals surface area contributed by atoms with Crippen molar-refractivity contribution in [1.29, 1.82) is 0 Å². The zero-order valence-corrected chi connectivity index (χ0v) is 9.01. The predicted octanol–water partition coefficient (Wildman–Crippen LogP) is 3.81. The summed E-state index contributed by atoms with van der Waals surface area (Å²) in [5.41, 5.74) is 6.00. The molecule has 5 heteroatoms. The molecule has 72 valence electrons. The zero-order chi connectivity index (χ0) is 10.2. The molecule has 0 saturated carbocycles. The molecule has 2 N–H and O–H groups in total. The van der Waals surface area contributed by atoms with Gasteiger partial charge in [-0.3, -0.25) is 0 Å². The second-order valence-electron chi connectivity index (χ2n) is 2.68. The fraction of sp³-hybridized carbons (Fsp3) is 0.250. The SMILES string of the molecule is CC(N)c1cc(F)c(Cl)c(Cl)c1Cl. The van der Waals surface area contributed by atoms with Crippen LogP contribution in [0.4, 0.5) is 4.39 Å². The first kappa shape index (κ1) is 11.1. The van der Waals surface area contributed by atoms with Crippen LogP contribution in [0.2, 0.25) is 15.1 Å². The Hall–Kier alpha value is -0.0200. The van der Waals surface area contributed by atoms with Crippen LogP contribution in [0.25, 0.3) is 0 Å². The summed E-state index contributed by atoms with van der Waals surface area (Å²) in [6, 6.07) is 0.818. The normalized spacial score (nSPS) is 13.1. The lowest BCUT2D eigenvalue weighted by atomic mass is 10.1. The third-order valence-electron chi connectivity index (χ3n) is 1.62. The Balaban J connectivity index is 3.41. The molecule has 0 saturated heterocycles. The smallest absolute Gasteiger partial charge is 0.143 e. The van der Waals surface area contributed by atoms with Crippen molar-refractivity contribution in [3.05, 3.63) is 32.5 Å². The summed E-state index contributed by atoms with van der Waals surface area (Å²) in [5.74, 6) is -0.608. The number of benzene rings is 1. The van der Waals surface area contributed by atoms with E-state index in [9.17, 15) is 4.39 Å². The molecule has 0 bridgehead atoms. The molecule has 0 heterocycles. The van der Waals surface area contributed by atoms with E-state index in [4.69, 9.17) is 40.5 Å². The Kier molecular flexibility index (Phi) is 3.41. The van der Waals surface area contributed by atoms with Gasteiger partial charge in [0.15, 0.2) is 0 Å². The van der Waals surface area contributed by atoms with Crippen molar-refractivity contribution in [3.8, 4) is 0 Å². The van der Waals surface area contributed by atoms with Gasteiger partial charge in [0.1, 0.15) is 5.82 Å². The summed E-state index contributed by atoms with van der Waals surface area (Å²) in [4.78, 5) is 0. The molecule has 0 aliphatic carbocycles. The summed E-state index contributed by atoms with van der Waals surface area (Å²) >= 11 is 17.0. The lowest BCUT2D eigenvalue weighted by Gasteiger charge is -2.10. The Morgan fingerprint density at radius 3 is 2.23 bits per heavy atom.